The van der Waals surface area contributed by atoms with Crippen molar-refractivity contribution in [2.75, 3.05) is 12.4 Å². The van der Waals surface area contributed by atoms with E-state index in [0.717, 1.165) is 22.3 Å². The molecule has 26 heavy (non-hydrogen) atoms. The number of Topliss-reactive ketones (excluding diaryl/α,β-unsaturated/α-hetero) is 1. The summed E-state index contributed by atoms with van der Waals surface area (Å²) < 4.78 is 11.3. The lowest BCUT2D eigenvalue weighted by Crippen LogP contribution is -2.05. The molecular formula is C20H20N2O3S. The molecule has 0 saturated heterocycles. The first-order valence-corrected chi connectivity index (χ1v) is 9.36. The molecule has 0 bridgehead atoms. The lowest BCUT2D eigenvalue weighted by Gasteiger charge is -2.06. The Morgan fingerprint density at radius 3 is 2.77 bits per heavy atom. The number of benzene rings is 2. The van der Waals surface area contributed by atoms with E-state index in [0.29, 0.717) is 23.5 Å². The normalized spacial score (nSPS) is 10.7. The summed E-state index contributed by atoms with van der Waals surface area (Å²) in [5.41, 5.74) is 3.52. The molecule has 0 amide bonds. The lowest BCUT2D eigenvalue weighted by atomic mass is 10.0. The molecule has 0 fully saturated rings. The number of thioether (sulfide) groups is 1. The number of ether oxygens (including phenoxy) is 1. The van der Waals surface area contributed by atoms with Crippen molar-refractivity contribution in [2.45, 2.75) is 26.0 Å². The van der Waals surface area contributed by atoms with Crippen LogP contribution in [0.15, 0.2) is 52.1 Å². The van der Waals surface area contributed by atoms with Crippen LogP contribution in [0.4, 0.5) is 0 Å². The van der Waals surface area contributed by atoms with Gasteiger partial charge < -0.3 is 9.15 Å². The van der Waals surface area contributed by atoms with E-state index in [4.69, 9.17) is 9.15 Å². The third-order valence-corrected chi connectivity index (χ3v) is 4.66. The SMILES string of the molecule is CCOc1ccccc1-c1nnc(SCC(=O)c2cc(C)ccc2C)o1. The molecule has 1 heterocycles. The first-order chi connectivity index (χ1) is 12.6. The number of nitrogens with zero attached hydrogens (tertiary/aromatic N) is 2. The summed E-state index contributed by atoms with van der Waals surface area (Å²) in [7, 11) is 0. The standard InChI is InChI=1S/C20H20N2O3S/c1-4-24-18-8-6-5-7-15(18)19-21-22-20(25-19)26-12-17(23)16-11-13(2)9-10-14(16)3/h5-11H,4,12H2,1-3H3. The number of aryl methyl sites for hydroxylation is 2. The zero-order chi connectivity index (χ0) is 18.5. The van der Waals surface area contributed by atoms with Crippen molar-refractivity contribution in [3.63, 3.8) is 0 Å². The number of rotatable bonds is 7. The third-order valence-electron chi connectivity index (χ3n) is 3.84. The van der Waals surface area contributed by atoms with Crippen LogP contribution in [0, 0.1) is 13.8 Å². The Morgan fingerprint density at radius 1 is 1.15 bits per heavy atom. The smallest absolute Gasteiger partial charge is 0.277 e. The summed E-state index contributed by atoms with van der Waals surface area (Å²) in [4.78, 5) is 12.5. The molecule has 0 spiro atoms. The van der Waals surface area contributed by atoms with Gasteiger partial charge in [-0.3, -0.25) is 4.79 Å². The Balaban J connectivity index is 1.71. The highest BCUT2D eigenvalue weighted by Gasteiger charge is 2.16. The van der Waals surface area contributed by atoms with Crippen LogP contribution in [0.1, 0.15) is 28.4 Å². The summed E-state index contributed by atoms with van der Waals surface area (Å²) in [5, 5.41) is 8.49. The first kappa shape index (κ1) is 18.2. The molecule has 0 radical (unpaired) electrons. The van der Waals surface area contributed by atoms with E-state index in [2.05, 4.69) is 10.2 Å². The van der Waals surface area contributed by atoms with Crippen LogP contribution in [0.2, 0.25) is 0 Å². The number of hydrogen-bond acceptors (Lipinski definition) is 6. The van der Waals surface area contributed by atoms with Crippen molar-refractivity contribution in [1.29, 1.82) is 0 Å². The second kappa shape index (κ2) is 8.19. The molecule has 1 aromatic heterocycles. The van der Waals surface area contributed by atoms with Gasteiger partial charge in [-0.25, -0.2) is 0 Å². The maximum Gasteiger partial charge on any atom is 0.277 e. The molecule has 0 aliphatic heterocycles. The van der Waals surface area contributed by atoms with Crippen molar-refractivity contribution in [2.24, 2.45) is 0 Å². The van der Waals surface area contributed by atoms with Crippen LogP contribution < -0.4 is 4.74 Å². The van der Waals surface area contributed by atoms with Crippen molar-refractivity contribution in [3.8, 4) is 17.2 Å². The zero-order valence-corrected chi connectivity index (χ0v) is 15.8. The van der Waals surface area contributed by atoms with Gasteiger partial charge in [-0.1, -0.05) is 41.6 Å². The molecule has 134 valence electrons. The van der Waals surface area contributed by atoms with Crippen LogP contribution in [0.25, 0.3) is 11.5 Å². The second-order valence-electron chi connectivity index (χ2n) is 5.83. The predicted octanol–water partition coefficient (Wildman–Crippen LogP) is 4.73. The van der Waals surface area contributed by atoms with Gasteiger partial charge in [-0.15, -0.1) is 10.2 Å². The minimum Gasteiger partial charge on any atom is -0.493 e. The monoisotopic (exact) mass is 368 g/mol. The quantitative estimate of drug-likeness (QED) is 0.444. The first-order valence-electron chi connectivity index (χ1n) is 8.37. The van der Waals surface area contributed by atoms with E-state index in [1.54, 1.807) is 0 Å². The van der Waals surface area contributed by atoms with Crippen molar-refractivity contribution < 1.29 is 13.9 Å². The van der Waals surface area contributed by atoms with Gasteiger partial charge in [0.05, 0.1) is 17.9 Å². The molecular weight excluding hydrogens is 348 g/mol. The molecule has 0 aliphatic carbocycles. The summed E-state index contributed by atoms with van der Waals surface area (Å²) in [5.74, 6) is 1.38. The number of ketones is 1. The van der Waals surface area contributed by atoms with Gasteiger partial charge in [0.1, 0.15) is 5.75 Å². The minimum atomic E-state index is 0.0469. The molecule has 5 nitrogen and oxygen atoms in total. The van der Waals surface area contributed by atoms with Crippen LogP contribution in [-0.4, -0.2) is 28.3 Å². The summed E-state index contributed by atoms with van der Waals surface area (Å²) in [6.07, 6.45) is 0. The summed E-state index contributed by atoms with van der Waals surface area (Å²) >= 11 is 1.24. The highest BCUT2D eigenvalue weighted by molar-refractivity contribution is 7.99. The van der Waals surface area contributed by atoms with Gasteiger partial charge in [-0.05, 0) is 44.5 Å². The Hall–Kier alpha value is -2.60. The molecule has 0 unspecified atom stereocenters. The maximum absolute atomic E-state index is 12.5. The highest BCUT2D eigenvalue weighted by Crippen LogP contribution is 2.31. The van der Waals surface area contributed by atoms with Gasteiger partial charge in [0.15, 0.2) is 5.78 Å². The van der Waals surface area contributed by atoms with E-state index in [1.165, 1.54) is 11.8 Å². The Bertz CT molecular complexity index is 921. The topological polar surface area (TPSA) is 65.2 Å². The van der Waals surface area contributed by atoms with Gasteiger partial charge in [0.25, 0.3) is 11.1 Å². The Morgan fingerprint density at radius 2 is 1.96 bits per heavy atom. The fourth-order valence-electron chi connectivity index (χ4n) is 2.54. The third kappa shape index (κ3) is 4.14. The molecule has 0 atom stereocenters. The van der Waals surface area contributed by atoms with E-state index in [1.807, 2.05) is 63.2 Å². The minimum absolute atomic E-state index is 0.0469. The average Bonchev–Trinajstić information content (AvgIpc) is 3.11. The molecule has 0 aliphatic rings. The lowest BCUT2D eigenvalue weighted by molar-refractivity contribution is 0.102. The number of aromatic nitrogens is 2. The summed E-state index contributed by atoms with van der Waals surface area (Å²) in [6.45, 7) is 6.39. The molecule has 0 saturated carbocycles. The Labute approximate surface area is 156 Å². The molecule has 3 rings (SSSR count). The fourth-order valence-corrected chi connectivity index (χ4v) is 3.19. The van der Waals surface area contributed by atoms with Crippen LogP contribution >= 0.6 is 11.8 Å². The number of carbonyl (C=O) groups is 1. The van der Waals surface area contributed by atoms with Gasteiger partial charge in [0, 0.05) is 5.56 Å². The fraction of sp³-hybridized carbons (Fsp3) is 0.250. The molecule has 6 heteroatoms. The Kier molecular flexibility index (Phi) is 5.73. The largest absolute Gasteiger partial charge is 0.493 e. The summed E-state index contributed by atoms with van der Waals surface area (Å²) in [6, 6.07) is 13.4. The van der Waals surface area contributed by atoms with Crippen molar-refractivity contribution >= 4 is 17.5 Å². The van der Waals surface area contributed by atoms with E-state index >= 15 is 0 Å². The van der Waals surface area contributed by atoms with Gasteiger partial charge >= 0.3 is 0 Å². The molecule has 3 aromatic rings. The average molecular weight is 368 g/mol. The highest BCUT2D eigenvalue weighted by atomic mass is 32.2. The number of hydrogen-bond donors (Lipinski definition) is 0. The van der Waals surface area contributed by atoms with E-state index < -0.39 is 0 Å². The van der Waals surface area contributed by atoms with Crippen molar-refractivity contribution in [1.82, 2.24) is 10.2 Å². The molecule has 0 N–H and O–H groups in total. The van der Waals surface area contributed by atoms with Crippen LogP contribution in [0.5, 0.6) is 5.75 Å². The van der Waals surface area contributed by atoms with Gasteiger partial charge in [-0.2, -0.15) is 0 Å². The van der Waals surface area contributed by atoms with Crippen LogP contribution in [-0.2, 0) is 0 Å². The number of para-hydroxylation sites is 1. The zero-order valence-electron chi connectivity index (χ0n) is 15.0. The second-order valence-corrected chi connectivity index (χ2v) is 6.76. The predicted molar refractivity (Wildman–Crippen MR) is 102 cm³/mol. The molecule has 2 aromatic carbocycles. The maximum atomic E-state index is 12.5. The number of carbonyl (C=O) groups excluding carboxylic acids is 1. The van der Waals surface area contributed by atoms with Gasteiger partial charge in [0.2, 0.25) is 0 Å². The van der Waals surface area contributed by atoms with E-state index in [-0.39, 0.29) is 11.5 Å². The van der Waals surface area contributed by atoms with Crippen molar-refractivity contribution in [3.05, 3.63) is 59.2 Å². The van der Waals surface area contributed by atoms with E-state index in [9.17, 15) is 4.79 Å². The van der Waals surface area contributed by atoms with Crippen LogP contribution in [0.3, 0.4) is 0 Å².